The minimum Gasteiger partial charge on any atom is -0.453 e. The molecule has 1 aliphatic carbocycles. The summed E-state index contributed by atoms with van der Waals surface area (Å²) in [5, 5.41) is 11.2. The van der Waals surface area contributed by atoms with Crippen LogP contribution in [0.3, 0.4) is 0 Å². The number of piperidine rings is 1. The third-order valence-electron chi connectivity index (χ3n) is 6.34. The summed E-state index contributed by atoms with van der Waals surface area (Å²) < 4.78 is 5.05. The van der Waals surface area contributed by atoms with E-state index in [0.717, 1.165) is 44.3 Å². The first-order chi connectivity index (χ1) is 12.5. The fourth-order valence-electron chi connectivity index (χ4n) is 4.89. The molecule has 0 unspecified atom stereocenters. The maximum Gasteiger partial charge on any atom is 0.410 e. The Bertz CT molecular complexity index is 614. The minimum absolute atomic E-state index is 0.0726. The average Bonchev–Trinajstić information content (AvgIpc) is 2.67. The molecule has 0 aromatic heterocycles. The molecule has 3 atom stereocenters. The molecule has 1 aliphatic heterocycles. The summed E-state index contributed by atoms with van der Waals surface area (Å²) in [6, 6.07) is 8.39. The van der Waals surface area contributed by atoms with E-state index in [0.29, 0.717) is 13.0 Å². The van der Waals surface area contributed by atoms with Crippen LogP contribution in [0.2, 0.25) is 0 Å². The number of methoxy groups -OCH3 is 1. The Morgan fingerprint density at radius 2 is 1.92 bits per heavy atom. The van der Waals surface area contributed by atoms with Crippen molar-refractivity contribution in [1.29, 1.82) is 0 Å². The van der Waals surface area contributed by atoms with Gasteiger partial charge in [-0.2, -0.15) is 0 Å². The molecular weight excluding hydrogens is 328 g/mol. The number of rotatable bonds is 4. The van der Waals surface area contributed by atoms with Crippen LogP contribution in [0, 0.1) is 5.92 Å². The lowest BCUT2D eigenvalue weighted by Gasteiger charge is -2.52. The van der Waals surface area contributed by atoms with Crippen molar-refractivity contribution in [1.82, 2.24) is 4.90 Å². The molecule has 1 saturated carbocycles. The highest BCUT2D eigenvalue weighted by atomic mass is 16.5. The molecular formula is C21H32N2O3. The van der Waals surface area contributed by atoms with E-state index in [9.17, 15) is 9.90 Å². The van der Waals surface area contributed by atoms with Crippen LogP contribution in [0.25, 0.3) is 0 Å². The lowest BCUT2D eigenvalue weighted by atomic mass is 9.66. The van der Waals surface area contributed by atoms with Gasteiger partial charge in [0.1, 0.15) is 0 Å². The van der Waals surface area contributed by atoms with E-state index >= 15 is 0 Å². The molecule has 0 bridgehead atoms. The zero-order chi connectivity index (χ0) is 18.7. The number of fused-ring (bicyclic) bond motifs is 1. The fourth-order valence-corrected chi connectivity index (χ4v) is 4.89. The predicted octanol–water partition coefficient (Wildman–Crippen LogP) is 3.97. The molecule has 144 valence electrons. The van der Waals surface area contributed by atoms with Crippen molar-refractivity contribution in [2.45, 2.75) is 57.6 Å². The Labute approximate surface area is 156 Å². The first-order valence-corrected chi connectivity index (χ1v) is 9.96. The Balaban J connectivity index is 1.94. The molecule has 1 N–H and O–H groups in total. The van der Waals surface area contributed by atoms with Crippen LogP contribution in [0.1, 0.15) is 57.6 Å². The number of aliphatic hydroxyl groups is 1. The van der Waals surface area contributed by atoms with Crippen LogP contribution in [-0.4, -0.2) is 48.4 Å². The fraction of sp³-hybridized carbons (Fsp3) is 0.667. The molecule has 2 aliphatic rings. The first kappa shape index (κ1) is 19.0. The van der Waals surface area contributed by atoms with E-state index in [1.165, 1.54) is 12.8 Å². The van der Waals surface area contributed by atoms with Crippen molar-refractivity contribution in [2.75, 3.05) is 31.6 Å². The van der Waals surface area contributed by atoms with Crippen molar-refractivity contribution < 1.29 is 14.6 Å². The topological polar surface area (TPSA) is 53.0 Å². The van der Waals surface area contributed by atoms with Crippen molar-refractivity contribution in [2.24, 2.45) is 5.92 Å². The second-order valence-electron chi connectivity index (χ2n) is 7.58. The van der Waals surface area contributed by atoms with Crippen molar-refractivity contribution >= 4 is 11.8 Å². The molecule has 1 saturated heterocycles. The Morgan fingerprint density at radius 1 is 1.23 bits per heavy atom. The van der Waals surface area contributed by atoms with Crippen LogP contribution < -0.4 is 4.90 Å². The summed E-state index contributed by atoms with van der Waals surface area (Å²) in [5.41, 5.74) is 1.62. The normalized spacial score (nSPS) is 28.4. The van der Waals surface area contributed by atoms with Crippen molar-refractivity contribution in [3.63, 3.8) is 0 Å². The van der Waals surface area contributed by atoms with Crippen LogP contribution >= 0.6 is 0 Å². The van der Waals surface area contributed by atoms with Gasteiger partial charge in [0.25, 0.3) is 0 Å². The minimum atomic E-state index is -0.662. The van der Waals surface area contributed by atoms with Gasteiger partial charge in [0.15, 0.2) is 0 Å². The summed E-state index contributed by atoms with van der Waals surface area (Å²) in [4.78, 5) is 16.5. The summed E-state index contributed by atoms with van der Waals surface area (Å²) >= 11 is 0. The molecule has 2 fully saturated rings. The van der Waals surface area contributed by atoms with Gasteiger partial charge in [0.2, 0.25) is 0 Å². The summed E-state index contributed by atoms with van der Waals surface area (Å²) in [7, 11) is 1.44. The monoisotopic (exact) mass is 360 g/mol. The first-order valence-electron chi connectivity index (χ1n) is 9.96. The number of amides is 1. The Kier molecular flexibility index (Phi) is 5.76. The van der Waals surface area contributed by atoms with Crippen LogP contribution in [-0.2, 0) is 4.74 Å². The van der Waals surface area contributed by atoms with E-state index in [1.54, 1.807) is 0 Å². The molecule has 0 radical (unpaired) electrons. The van der Waals surface area contributed by atoms with Gasteiger partial charge in [0.05, 0.1) is 18.8 Å². The smallest absolute Gasteiger partial charge is 0.410 e. The van der Waals surface area contributed by atoms with Gasteiger partial charge in [-0.05, 0) is 50.8 Å². The number of ether oxygens (including phenoxy) is 1. The number of likely N-dealkylation sites (tertiary alicyclic amines) is 1. The number of carbonyl (C=O) groups is 1. The van der Waals surface area contributed by atoms with Gasteiger partial charge < -0.3 is 19.6 Å². The summed E-state index contributed by atoms with van der Waals surface area (Å²) in [6.07, 6.45) is 4.30. The maximum atomic E-state index is 12.4. The van der Waals surface area contributed by atoms with Crippen molar-refractivity contribution in [3.05, 3.63) is 29.8 Å². The number of hydrogen-bond acceptors (Lipinski definition) is 4. The van der Waals surface area contributed by atoms with Crippen LogP contribution in [0.15, 0.2) is 24.3 Å². The molecule has 1 amide bonds. The highest BCUT2D eigenvalue weighted by Crippen LogP contribution is 2.49. The van der Waals surface area contributed by atoms with E-state index in [-0.39, 0.29) is 18.1 Å². The number of benzene rings is 1. The third-order valence-corrected chi connectivity index (χ3v) is 6.34. The van der Waals surface area contributed by atoms with Crippen molar-refractivity contribution in [3.8, 4) is 0 Å². The molecule has 1 aromatic carbocycles. The predicted molar refractivity (Wildman–Crippen MR) is 103 cm³/mol. The number of anilines is 1. The Hall–Kier alpha value is -1.75. The second kappa shape index (κ2) is 7.87. The van der Waals surface area contributed by atoms with Gasteiger partial charge in [-0.3, -0.25) is 0 Å². The quantitative estimate of drug-likeness (QED) is 0.883. The summed E-state index contributed by atoms with van der Waals surface area (Å²) in [5.74, 6) is 0.0726. The van der Waals surface area contributed by atoms with E-state index in [2.05, 4.69) is 43.0 Å². The van der Waals surface area contributed by atoms with Crippen LogP contribution in [0.4, 0.5) is 10.5 Å². The van der Waals surface area contributed by atoms with Crippen LogP contribution in [0.5, 0.6) is 0 Å². The molecule has 26 heavy (non-hydrogen) atoms. The number of nitrogens with zero attached hydrogens (tertiary/aromatic N) is 2. The van der Waals surface area contributed by atoms with E-state index in [1.807, 2.05) is 4.90 Å². The van der Waals surface area contributed by atoms with Gasteiger partial charge in [-0.25, -0.2) is 4.79 Å². The second-order valence-corrected chi connectivity index (χ2v) is 7.58. The number of carbonyl (C=O) groups excluding carboxylic acids is 1. The lowest BCUT2D eigenvalue weighted by Crippen LogP contribution is -2.56. The largest absolute Gasteiger partial charge is 0.453 e. The lowest BCUT2D eigenvalue weighted by molar-refractivity contribution is -0.117. The third kappa shape index (κ3) is 3.41. The highest BCUT2D eigenvalue weighted by molar-refractivity contribution is 5.68. The molecule has 5 heteroatoms. The zero-order valence-corrected chi connectivity index (χ0v) is 16.3. The van der Waals surface area contributed by atoms with Gasteiger partial charge in [-0.1, -0.05) is 25.0 Å². The SMILES string of the molecule is CCN(CC)c1ccc([C@@H]2[C@H]3CCCC[C@@]3(O)CCN2C(=O)OC)cc1. The standard InChI is InChI=1S/C21H32N2O3/c1-4-22(5-2)17-11-9-16(10-12-17)19-18-8-6-7-13-21(18,25)14-15-23(19)20(24)26-3/h9-12,18-19,25H,4-8,13-15H2,1-3H3/t18-,19-,21-/m1/s1. The van der Waals surface area contributed by atoms with Gasteiger partial charge >= 0.3 is 6.09 Å². The highest BCUT2D eigenvalue weighted by Gasteiger charge is 2.50. The maximum absolute atomic E-state index is 12.4. The van der Waals surface area contributed by atoms with Gasteiger partial charge in [-0.15, -0.1) is 0 Å². The average molecular weight is 360 g/mol. The summed E-state index contributed by atoms with van der Waals surface area (Å²) in [6.45, 7) is 6.79. The molecule has 1 heterocycles. The number of hydrogen-bond donors (Lipinski definition) is 1. The van der Waals surface area contributed by atoms with Gasteiger partial charge in [0, 0.05) is 31.2 Å². The zero-order valence-electron chi connectivity index (χ0n) is 16.3. The molecule has 1 aromatic rings. The van der Waals surface area contributed by atoms with E-state index < -0.39 is 5.60 Å². The molecule has 5 nitrogen and oxygen atoms in total. The Morgan fingerprint density at radius 3 is 2.54 bits per heavy atom. The molecule has 0 spiro atoms. The molecule has 3 rings (SSSR count). The van der Waals surface area contributed by atoms with E-state index in [4.69, 9.17) is 4.74 Å².